The minimum Gasteiger partial charge on any atom is -0.309 e. The molecule has 0 spiro atoms. The van der Waals surface area contributed by atoms with Crippen LogP contribution in [-0.4, -0.2) is 9.13 Å². The van der Waals surface area contributed by atoms with Gasteiger partial charge in [0.05, 0.1) is 45.1 Å². The molecule has 0 saturated heterocycles. The molecule has 0 saturated carbocycles. The van der Waals surface area contributed by atoms with Crippen molar-refractivity contribution in [3.05, 3.63) is 193 Å². The number of rotatable bonds is 5. The molecule has 2 heterocycles. The summed E-state index contributed by atoms with van der Waals surface area (Å²) < 4.78 is 4.78. The van der Waals surface area contributed by atoms with Crippen molar-refractivity contribution in [3.8, 4) is 50.8 Å². The van der Waals surface area contributed by atoms with E-state index in [0.29, 0.717) is 5.56 Å². The molecule has 8 aromatic carbocycles. The van der Waals surface area contributed by atoms with Gasteiger partial charge >= 0.3 is 0 Å². The van der Waals surface area contributed by atoms with Crippen LogP contribution in [0.3, 0.4) is 0 Å². The lowest BCUT2D eigenvalue weighted by molar-refractivity contribution is 1.15. The summed E-state index contributed by atoms with van der Waals surface area (Å²) in [4.78, 5) is 0. The molecule has 0 N–H and O–H groups in total. The summed E-state index contributed by atoms with van der Waals surface area (Å²) in [6, 6.07) is 67.3. The van der Waals surface area contributed by atoms with Crippen molar-refractivity contribution >= 4 is 43.6 Å². The fourth-order valence-corrected chi connectivity index (χ4v) is 8.16. The minimum atomic E-state index is 0.622. The van der Waals surface area contributed by atoms with E-state index in [1.165, 1.54) is 49.4 Å². The van der Waals surface area contributed by atoms with E-state index in [1.807, 2.05) is 6.07 Å². The zero-order valence-corrected chi connectivity index (χ0v) is 29.2. The zero-order valence-electron chi connectivity index (χ0n) is 29.2. The summed E-state index contributed by atoms with van der Waals surface area (Å²) in [5.74, 6) is 0. The quantitative estimate of drug-likeness (QED) is 0.179. The number of nitrogens with zero attached hydrogens (tertiary/aromatic N) is 3. The highest BCUT2D eigenvalue weighted by molar-refractivity contribution is 6.12. The van der Waals surface area contributed by atoms with E-state index in [-0.39, 0.29) is 0 Å². The van der Waals surface area contributed by atoms with E-state index in [9.17, 15) is 5.26 Å². The monoisotopic (exact) mass is 675 g/mol. The predicted octanol–water partition coefficient (Wildman–Crippen LogP) is 13.1. The largest absolute Gasteiger partial charge is 0.309 e. The van der Waals surface area contributed by atoms with Crippen molar-refractivity contribution in [1.29, 1.82) is 5.26 Å². The lowest BCUT2D eigenvalue weighted by Gasteiger charge is -2.19. The van der Waals surface area contributed by atoms with Crippen molar-refractivity contribution in [1.82, 2.24) is 9.13 Å². The first-order valence-electron chi connectivity index (χ1n) is 18.0. The van der Waals surface area contributed by atoms with Gasteiger partial charge in [0, 0.05) is 32.7 Å². The number of hydrogen-bond acceptors (Lipinski definition) is 1. The molecule has 2 aromatic heterocycles. The van der Waals surface area contributed by atoms with Gasteiger partial charge in [-0.15, -0.1) is 0 Å². The Morgan fingerprint density at radius 2 is 0.887 bits per heavy atom. The highest BCUT2D eigenvalue weighted by atomic mass is 15.0. The van der Waals surface area contributed by atoms with E-state index in [4.69, 9.17) is 0 Å². The lowest BCUT2D eigenvalue weighted by Crippen LogP contribution is -2.02. The lowest BCUT2D eigenvalue weighted by atomic mass is 9.97. The second-order valence-corrected chi connectivity index (χ2v) is 13.8. The number of fused-ring (bicyclic) bond motifs is 6. The van der Waals surface area contributed by atoms with Gasteiger partial charge < -0.3 is 9.13 Å². The van der Waals surface area contributed by atoms with E-state index >= 15 is 0 Å². The Kier molecular flexibility index (Phi) is 7.09. The highest BCUT2D eigenvalue weighted by Crippen LogP contribution is 2.42. The maximum atomic E-state index is 10.3. The van der Waals surface area contributed by atoms with Crippen molar-refractivity contribution < 1.29 is 0 Å². The SMILES string of the molecule is Cc1ccc(-c2cc(C#N)ccc2-n2c3ccccc3c3cc(-c4ccccc4)ccc32)c(-n2c3ccccc3c3cc(-c4ccccc4)ccc32)c1. The Hall–Kier alpha value is -7.15. The van der Waals surface area contributed by atoms with Gasteiger partial charge in [0.2, 0.25) is 0 Å². The Labute approximate surface area is 307 Å². The third-order valence-electron chi connectivity index (χ3n) is 10.6. The molecule has 0 aliphatic rings. The number of aromatic nitrogens is 2. The molecular weight excluding hydrogens is 643 g/mol. The maximum absolute atomic E-state index is 10.3. The second-order valence-electron chi connectivity index (χ2n) is 13.8. The first-order chi connectivity index (χ1) is 26.2. The zero-order chi connectivity index (χ0) is 35.5. The number of nitriles is 1. The van der Waals surface area contributed by atoms with Crippen LogP contribution in [0.5, 0.6) is 0 Å². The standard InChI is InChI=1S/C50H33N3/c1-33-20-24-41(50(28-33)53-46-19-11-9-17-40(46)44-31-38(23-27-49(44)53)36-14-6-3-7-15-36)42-29-34(32-51)21-25-47(42)52-45-18-10-8-16-39(45)43-30-37(22-26-48(43)52)35-12-4-2-5-13-35/h2-31H,1H3. The Morgan fingerprint density at radius 3 is 1.45 bits per heavy atom. The Balaban J connectivity index is 1.25. The smallest absolute Gasteiger partial charge is 0.0991 e. The number of hydrogen-bond donors (Lipinski definition) is 0. The fourth-order valence-electron chi connectivity index (χ4n) is 8.16. The average molecular weight is 676 g/mol. The van der Waals surface area contributed by atoms with Crippen molar-refractivity contribution in [2.75, 3.05) is 0 Å². The van der Waals surface area contributed by atoms with Crippen molar-refractivity contribution in [3.63, 3.8) is 0 Å². The van der Waals surface area contributed by atoms with Gasteiger partial charge in [0.1, 0.15) is 0 Å². The minimum absolute atomic E-state index is 0.622. The van der Waals surface area contributed by atoms with E-state index in [0.717, 1.165) is 44.6 Å². The summed E-state index contributed by atoms with van der Waals surface area (Å²) >= 11 is 0. The summed E-state index contributed by atoms with van der Waals surface area (Å²) in [6.45, 7) is 2.15. The van der Waals surface area contributed by atoms with Gasteiger partial charge in [-0.1, -0.05) is 121 Å². The topological polar surface area (TPSA) is 33.6 Å². The third-order valence-corrected chi connectivity index (χ3v) is 10.6. The van der Waals surface area contributed by atoms with Gasteiger partial charge in [-0.05, 0) is 95.4 Å². The molecule has 0 atom stereocenters. The molecule has 0 radical (unpaired) electrons. The van der Waals surface area contributed by atoms with Crippen LogP contribution in [0.15, 0.2) is 182 Å². The molecule has 10 rings (SSSR count). The van der Waals surface area contributed by atoms with Crippen LogP contribution in [0.25, 0.3) is 88.4 Å². The number of benzene rings is 8. The fraction of sp³-hybridized carbons (Fsp3) is 0.0200. The molecule has 53 heavy (non-hydrogen) atoms. The first kappa shape index (κ1) is 30.7. The molecule has 3 nitrogen and oxygen atoms in total. The summed E-state index contributed by atoms with van der Waals surface area (Å²) in [6.07, 6.45) is 0. The first-order valence-corrected chi connectivity index (χ1v) is 18.0. The average Bonchev–Trinajstić information content (AvgIpc) is 3.73. The van der Waals surface area contributed by atoms with Crippen molar-refractivity contribution in [2.45, 2.75) is 6.92 Å². The molecule has 248 valence electrons. The molecule has 0 amide bonds. The van der Waals surface area contributed by atoms with Crippen LogP contribution in [0.4, 0.5) is 0 Å². The molecule has 3 heteroatoms. The van der Waals surface area contributed by atoms with E-state index in [2.05, 4.69) is 198 Å². The van der Waals surface area contributed by atoms with Gasteiger partial charge in [0.25, 0.3) is 0 Å². The summed E-state index contributed by atoms with van der Waals surface area (Å²) in [5, 5.41) is 15.0. The van der Waals surface area contributed by atoms with E-state index < -0.39 is 0 Å². The molecule has 0 bridgehead atoms. The molecule has 10 aromatic rings. The second kappa shape index (κ2) is 12.3. The van der Waals surface area contributed by atoms with E-state index in [1.54, 1.807) is 0 Å². The molecular formula is C50H33N3. The molecule has 0 fully saturated rings. The van der Waals surface area contributed by atoms with Crippen LogP contribution in [-0.2, 0) is 0 Å². The third kappa shape index (κ3) is 4.96. The van der Waals surface area contributed by atoms with Crippen LogP contribution in [0.2, 0.25) is 0 Å². The van der Waals surface area contributed by atoms with Gasteiger partial charge in [-0.2, -0.15) is 5.26 Å². The van der Waals surface area contributed by atoms with Crippen molar-refractivity contribution in [2.24, 2.45) is 0 Å². The number of para-hydroxylation sites is 2. The predicted molar refractivity (Wildman–Crippen MR) is 221 cm³/mol. The maximum Gasteiger partial charge on any atom is 0.0991 e. The molecule has 0 unspecified atom stereocenters. The summed E-state index contributed by atoms with van der Waals surface area (Å²) in [5.41, 5.74) is 15.2. The van der Waals surface area contributed by atoms with Crippen LogP contribution < -0.4 is 0 Å². The van der Waals surface area contributed by atoms with Crippen LogP contribution >= 0.6 is 0 Å². The number of aryl methyl sites for hydroxylation is 1. The Morgan fingerprint density at radius 1 is 0.377 bits per heavy atom. The normalized spacial score (nSPS) is 11.5. The van der Waals surface area contributed by atoms with Gasteiger partial charge in [-0.3, -0.25) is 0 Å². The summed E-state index contributed by atoms with van der Waals surface area (Å²) in [7, 11) is 0. The molecule has 0 aliphatic heterocycles. The molecule has 0 aliphatic carbocycles. The Bertz CT molecular complexity index is 3070. The van der Waals surface area contributed by atoms with Crippen LogP contribution in [0.1, 0.15) is 11.1 Å². The van der Waals surface area contributed by atoms with Crippen LogP contribution in [0, 0.1) is 18.3 Å². The highest BCUT2D eigenvalue weighted by Gasteiger charge is 2.21. The van der Waals surface area contributed by atoms with Gasteiger partial charge in [-0.25, -0.2) is 0 Å². The van der Waals surface area contributed by atoms with Gasteiger partial charge in [0.15, 0.2) is 0 Å².